The van der Waals surface area contributed by atoms with Gasteiger partial charge in [-0.05, 0) is 71.8 Å². The molecule has 1 amide bonds. The van der Waals surface area contributed by atoms with Crippen LogP contribution in [0.4, 0.5) is 5.69 Å². The van der Waals surface area contributed by atoms with Gasteiger partial charge in [-0.2, -0.15) is 0 Å². The van der Waals surface area contributed by atoms with Gasteiger partial charge in [-0.25, -0.2) is 0 Å². The van der Waals surface area contributed by atoms with Gasteiger partial charge >= 0.3 is 0 Å². The van der Waals surface area contributed by atoms with Crippen molar-refractivity contribution < 1.29 is 23.7 Å². The summed E-state index contributed by atoms with van der Waals surface area (Å²) in [4.78, 5) is 20.0. The van der Waals surface area contributed by atoms with E-state index in [4.69, 9.17) is 30.5 Å². The number of hydrogen-bond acceptors (Lipinski definition) is 7. The van der Waals surface area contributed by atoms with Crippen LogP contribution in [0.5, 0.6) is 23.0 Å². The first-order valence-corrected chi connectivity index (χ1v) is 14.6. The number of carbonyl (C=O) groups is 1. The lowest BCUT2D eigenvalue weighted by molar-refractivity contribution is 0.0357. The predicted octanol–water partition coefficient (Wildman–Crippen LogP) is 7.20. The first-order chi connectivity index (χ1) is 21.1. The van der Waals surface area contributed by atoms with Gasteiger partial charge in [0.25, 0.3) is 5.91 Å². The zero-order valence-electron chi connectivity index (χ0n) is 23.8. The number of morpholine rings is 1. The molecule has 0 atom stereocenters. The summed E-state index contributed by atoms with van der Waals surface area (Å²) in [5.74, 6) is 2.32. The summed E-state index contributed by atoms with van der Waals surface area (Å²) in [6, 6.07) is 24.0. The number of hydrogen-bond donors (Lipinski definition) is 1. The van der Waals surface area contributed by atoms with Gasteiger partial charge in [0.05, 0.1) is 32.4 Å². The van der Waals surface area contributed by atoms with Crippen molar-refractivity contribution in [2.24, 2.45) is 0 Å². The topological polar surface area (TPSA) is 82.2 Å². The van der Waals surface area contributed by atoms with E-state index in [1.807, 2.05) is 48.5 Å². The summed E-state index contributed by atoms with van der Waals surface area (Å²) in [6.07, 6.45) is 2.62. The summed E-state index contributed by atoms with van der Waals surface area (Å²) in [7, 11) is 1.63. The van der Waals surface area contributed by atoms with Crippen molar-refractivity contribution in [1.82, 2.24) is 9.88 Å². The number of amides is 1. The monoisotopic (exact) mass is 597 g/mol. The second-order valence-electron chi connectivity index (χ2n) is 10.2. The molecule has 1 fully saturated rings. The molecule has 5 aromatic rings. The van der Waals surface area contributed by atoms with Crippen LogP contribution < -0.4 is 19.5 Å². The molecule has 9 heteroatoms. The molecule has 8 nitrogen and oxygen atoms in total. The van der Waals surface area contributed by atoms with Crippen LogP contribution in [0.1, 0.15) is 16.8 Å². The van der Waals surface area contributed by atoms with E-state index in [9.17, 15) is 4.79 Å². The van der Waals surface area contributed by atoms with E-state index in [2.05, 4.69) is 15.2 Å². The highest BCUT2D eigenvalue weighted by molar-refractivity contribution is 6.31. The quantitative estimate of drug-likeness (QED) is 0.171. The minimum atomic E-state index is -0.215. The molecule has 1 N–H and O–H groups in total. The summed E-state index contributed by atoms with van der Waals surface area (Å²) in [5.41, 5.74) is 1.93. The van der Waals surface area contributed by atoms with Crippen molar-refractivity contribution in [2.45, 2.75) is 6.42 Å². The standard InChI is InChI=1S/C34H32ClN3O5/c1-40-32-21-29-30(22-33(32)42-16-4-13-38-14-17-41-18-15-38)36-12-11-31(29)43-26-9-10-27-23(19-26)5-2-8-28(27)34(39)37-25-7-3-6-24(35)20-25/h2-3,5-12,19-22H,4,13-18H2,1H3,(H,37,39). The van der Waals surface area contributed by atoms with Crippen molar-refractivity contribution in [2.75, 3.05) is 51.9 Å². The number of nitrogens with one attached hydrogen (secondary N) is 1. The number of pyridine rings is 1. The highest BCUT2D eigenvalue weighted by atomic mass is 35.5. The molecule has 0 unspecified atom stereocenters. The Labute approximate surface area is 255 Å². The van der Waals surface area contributed by atoms with Crippen LogP contribution in [0.3, 0.4) is 0 Å². The Hall–Kier alpha value is -4.37. The number of methoxy groups -OCH3 is 1. The fourth-order valence-corrected chi connectivity index (χ4v) is 5.39. The smallest absolute Gasteiger partial charge is 0.256 e. The predicted molar refractivity (Wildman–Crippen MR) is 169 cm³/mol. The van der Waals surface area contributed by atoms with E-state index in [1.54, 1.807) is 43.6 Å². The number of halogens is 1. The molecule has 0 saturated carbocycles. The first-order valence-electron chi connectivity index (χ1n) is 14.2. The van der Waals surface area contributed by atoms with Crippen LogP contribution in [0.15, 0.2) is 85.1 Å². The number of aromatic nitrogens is 1. The molecule has 1 saturated heterocycles. The summed E-state index contributed by atoms with van der Waals surface area (Å²) in [5, 5.41) is 5.97. The third-order valence-corrected chi connectivity index (χ3v) is 7.61. The number of ether oxygens (including phenoxy) is 4. The van der Waals surface area contributed by atoms with E-state index < -0.39 is 0 Å². The Morgan fingerprint density at radius 2 is 1.81 bits per heavy atom. The SMILES string of the molecule is COc1cc2c(Oc3ccc4c(C(=O)Nc5cccc(Cl)c5)cccc4c3)ccnc2cc1OCCCN1CCOCC1. The average Bonchev–Trinajstić information content (AvgIpc) is 3.03. The Bertz CT molecular complexity index is 1760. The molecule has 0 bridgehead atoms. The molecule has 1 aliphatic rings. The molecule has 43 heavy (non-hydrogen) atoms. The molecule has 6 rings (SSSR count). The van der Waals surface area contributed by atoms with Crippen LogP contribution in [0.2, 0.25) is 5.02 Å². The molecular formula is C34H32ClN3O5. The van der Waals surface area contributed by atoms with E-state index in [0.29, 0.717) is 45.9 Å². The Morgan fingerprint density at radius 3 is 2.65 bits per heavy atom. The lowest BCUT2D eigenvalue weighted by Gasteiger charge is -2.26. The van der Waals surface area contributed by atoms with Crippen LogP contribution in [-0.2, 0) is 4.74 Å². The minimum absolute atomic E-state index is 0.215. The summed E-state index contributed by atoms with van der Waals surface area (Å²) in [6.45, 7) is 5.05. The number of rotatable bonds is 10. The molecule has 1 aliphatic heterocycles. The molecule has 4 aromatic carbocycles. The maximum atomic E-state index is 13.1. The molecular weight excluding hydrogens is 566 g/mol. The molecule has 220 valence electrons. The Kier molecular flexibility index (Phi) is 8.88. The fraction of sp³-hybridized carbons (Fsp3) is 0.235. The van der Waals surface area contributed by atoms with Gasteiger partial charge in [-0.1, -0.05) is 29.8 Å². The molecule has 0 radical (unpaired) electrons. The zero-order chi connectivity index (χ0) is 29.6. The van der Waals surface area contributed by atoms with Crippen molar-refractivity contribution in [3.05, 3.63) is 95.6 Å². The second-order valence-corrected chi connectivity index (χ2v) is 10.7. The number of carbonyl (C=O) groups excluding carboxylic acids is 1. The van der Waals surface area contributed by atoms with Crippen LogP contribution in [-0.4, -0.2) is 62.4 Å². The number of benzene rings is 4. The second kappa shape index (κ2) is 13.3. The maximum absolute atomic E-state index is 13.1. The van der Waals surface area contributed by atoms with Gasteiger partial charge in [0, 0.05) is 53.6 Å². The molecule has 2 heterocycles. The van der Waals surface area contributed by atoms with E-state index in [1.165, 1.54) is 0 Å². The molecule has 1 aromatic heterocycles. The lowest BCUT2D eigenvalue weighted by atomic mass is 10.0. The van der Waals surface area contributed by atoms with Gasteiger partial charge in [-0.15, -0.1) is 0 Å². The highest BCUT2D eigenvalue weighted by Gasteiger charge is 2.15. The van der Waals surface area contributed by atoms with E-state index >= 15 is 0 Å². The number of nitrogens with zero attached hydrogens (tertiary/aromatic N) is 2. The zero-order valence-corrected chi connectivity index (χ0v) is 24.6. The fourth-order valence-electron chi connectivity index (χ4n) is 5.20. The van der Waals surface area contributed by atoms with Crippen LogP contribution >= 0.6 is 11.6 Å². The normalized spacial score (nSPS) is 13.6. The highest BCUT2D eigenvalue weighted by Crippen LogP contribution is 2.38. The third kappa shape index (κ3) is 6.83. The van der Waals surface area contributed by atoms with Crippen molar-refractivity contribution in [3.8, 4) is 23.0 Å². The Balaban J connectivity index is 1.19. The van der Waals surface area contributed by atoms with Gasteiger partial charge in [0.2, 0.25) is 0 Å². The van der Waals surface area contributed by atoms with E-state index in [0.717, 1.165) is 60.9 Å². The lowest BCUT2D eigenvalue weighted by Crippen LogP contribution is -2.37. The van der Waals surface area contributed by atoms with E-state index in [-0.39, 0.29) is 5.91 Å². The number of anilines is 1. The van der Waals surface area contributed by atoms with Gasteiger partial charge < -0.3 is 24.3 Å². The molecule has 0 spiro atoms. The first kappa shape index (κ1) is 28.7. The van der Waals surface area contributed by atoms with Gasteiger partial charge in [0.15, 0.2) is 11.5 Å². The van der Waals surface area contributed by atoms with Crippen LogP contribution in [0.25, 0.3) is 21.7 Å². The van der Waals surface area contributed by atoms with Crippen LogP contribution in [0, 0.1) is 0 Å². The van der Waals surface area contributed by atoms with Crippen molar-refractivity contribution >= 4 is 44.9 Å². The Morgan fingerprint density at radius 1 is 0.953 bits per heavy atom. The van der Waals surface area contributed by atoms with Crippen molar-refractivity contribution in [1.29, 1.82) is 0 Å². The minimum Gasteiger partial charge on any atom is -0.493 e. The number of fused-ring (bicyclic) bond motifs is 2. The van der Waals surface area contributed by atoms with Gasteiger partial charge in [0.1, 0.15) is 11.5 Å². The largest absolute Gasteiger partial charge is 0.493 e. The molecule has 0 aliphatic carbocycles. The summed E-state index contributed by atoms with van der Waals surface area (Å²) >= 11 is 6.08. The maximum Gasteiger partial charge on any atom is 0.256 e. The third-order valence-electron chi connectivity index (χ3n) is 7.37. The van der Waals surface area contributed by atoms with Crippen molar-refractivity contribution in [3.63, 3.8) is 0 Å². The van der Waals surface area contributed by atoms with Gasteiger partial charge in [-0.3, -0.25) is 14.7 Å². The summed E-state index contributed by atoms with van der Waals surface area (Å²) < 4.78 is 23.5. The average molecular weight is 598 g/mol.